The number of primary amides is 1. The molecular weight excluding hydrogens is 283 g/mol. The quantitative estimate of drug-likeness (QED) is 0.852. The van der Waals surface area contributed by atoms with Gasteiger partial charge in [0.25, 0.3) is 0 Å². The standard InChI is InChI=1S/C13H17FN2O3S/c14-12-7-9(13(15)17)1-2-10(12)8-16-11-3-5-20(18,19)6-4-11/h1-2,7,11,16H,3-6,8H2,(H2,15,17). The summed E-state index contributed by atoms with van der Waals surface area (Å²) in [5.74, 6) is -0.806. The molecule has 0 bridgehead atoms. The molecule has 1 heterocycles. The second-order valence-corrected chi connectivity index (χ2v) is 7.28. The van der Waals surface area contributed by atoms with Crippen molar-refractivity contribution in [3.05, 3.63) is 35.1 Å². The molecule has 0 spiro atoms. The number of nitrogens with one attached hydrogen (secondary N) is 1. The summed E-state index contributed by atoms with van der Waals surface area (Å²) < 4.78 is 36.3. The molecule has 1 aliphatic rings. The molecule has 7 heteroatoms. The molecule has 1 amide bonds. The predicted octanol–water partition coefficient (Wildman–Crippen LogP) is 0.591. The van der Waals surface area contributed by atoms with E-state index in [0.29, 0.717) is 24.9 Å². The van der Waals surface area contributed by atoms with Crippen LogP contribution >= 0.6 is 0 Å². The van der Waals surface area contributed by atoms with Gasteiger partial charge in [-0.3, -0.25) is 4.79 Å². The lowest BCUT2D eigenvalue weighted by Crippen LogP contribution is -2.37. The van der Waals surface area contributed by atoms with Crippen molar-refractivity contribution in [2.24, 2.45) is 5.73 Å². The zero-order valence-corrected chi connectivity index (χ0v) is 11.7. The van der Waals surface area contributed by atoms with Crippen LogP contribution < -0.4 is 11.1 Å². The number of rotatable bonds is 4. The Kier molecular flexibility index (Phi) is 4.39. The highest BCUT2D eigenvalue weighted by molar-refractivity contribution is 7.91. The van der Waals surface area contributed by atoms with Crippen molar-refractivity contribution < 1.29 is 17.6 Å². The van der Waals surface area contributed by atoms with E-state index in [-0.39, 0.29) is 23.1 Å². The Morgan fingerprint density at radius 3 is 2.55 bits per heavy atom. The van der Waals surface area contributed by atoms with Crippen LogP contribution in [0.4, 0.5) is 4.39 Å². The van der Waals surface area contributed by atoms with Gasteiger partial charge in [-0.15, -0.1) is 0 Å². The third-order valence-corrected chi connectivity index (χ3v) is 5.19. The Hall–Kier alpha value is -1.47. The zero-order valence-electron chi connectivity index (χ0n) is 10.9. The molecule has 0 radical (unpaired) electrons. The van der Waals surface area contributed by atoms with Gasteiger partial charge in [0.1, 0.15) is 15.7 Å². The van der Waals surface area contributed by atoms with Gasteiger partial charge in [-0.05, 0) is 25.0 Å². The first-order chi connectivity index (χ1) is 9.37. The minimum atomic E-state index is -2.89. The first kappa shape index (κ1) is 14.9. The first-order valence-electron chi connectivity index (χ1n) is 6.39. The number of amides is 1. The summed E-state index contributed by atoms with van der Waals surface area (Å²) in [4.78, 5) is 10.9. The summed E-state index contributed by atoms with van der Waals surface area (Å²) in [7, 11) is -2.89. The molecule has 1 fully saturated rings. The number of hydrogen-bond donors (Lipinski definition) is 2. The van der Waals surface area contributed by atoms with Crippen molar-refractivity contribution in [3.8, 4) is 0 Å². The molecular formula is C13H17FN2O3S. The lowest BCUT2D eigenvalue weighted by atomic mass is 10.1. The number of halogens is 1. The summed E-state index contributed by atoms with van der Waals surface area (Å²) >= 11 is 0. The minimum Gasteiger partial charge on any atom is -0.366 e. The van der Waals surface area contributed by atoms with Gasteiger partial charge in [-0.2, -0.15) is 0 Å². The summed E-state index contributed by atoms with van der Waals surface area (Å²) in [5, 5.41) is 3.14. The molecule has 1 aromatic rings. The minimum absolute atomic E-state index is 0.0775. The third-order valence-electron chi connectivity index (χ3n) is 3.47. The monoisotopic (exact) mass is 300 g/mol. The predicted molar refractivity (Wildman–Crippen MR) is 73.4 cm³/mol. The lowest BCUT2D eigenvalue weighted by Gasteiger charge is -2.23. The van der Waals surface area contributed by atoms with Crippen LogP contribution in [0.3, 0.4) is 0 Å². The average molecular weight is 300 g/mol. The number of sulfone groups is 1. The Balaban J connectivity index is 1.93. The highest BCUT2D eigenvalue weighted by atomic mass is 32.2. The van der Waals surface area contributed by atoms with Crippen LogP contribution in [0.2, 0.25) is 0 Å². The summed E-state index contributed by atoms with van der Waals surface area (Å²) in [6, 6.07) is 4.19. The van der Waals surface area contributed by atoms with Gasteiger partial charge in [0.15, 0.2) is 0 Å². The molecule has 110 valence electrons. The van der Waals surface area contributed by atoms with Crippen molar-refractivity contribution >= 4 is 15.7 Å². The molecule has 0 saturated carbocycles. The fourth-order valence-corrected chi connectivity index (χ4v) is 3.68. The molecule has 0 aromatic heterocycles. The highest BCUT2D eigenvalue weighted by Crippen LogP contribution is 2.14. The number of nitrogens with two attached hydrogens (primary N) is 1. The van der Waals surface area contributed by atoms with E-state index in [4.69, 9.17) is 5.73 Å². The van der Waals surface area contributed by atoms with Crippen molar-refractivity contribution in [2.45, 2.75) is 25.4 Å². The second kappa shape index (κ2) is 5.88. The van der Waals surface area contributed by atoms with Crippen LogP contribution in [0.25, 0.3) is 0 Å². The third kappa shape index (κ3) is 3.77. The maximum atomic E-state index is 13.7. The van der Waals surface area contributed by atoms with Gasteiger partial charge in [0.05, 0.1) is 11.5 Å². The van der Waals surface area contributed by atoms with E-state index in [1.807, 2.05) is 0 Å². The topological polar surface area (TPSA) is 89.3 Å². The number of carbonyl (C=O) groups excluding carboxylic acids is 1. The van der Waals surface area contributed by atoms with Gasteiger partial charge >= 0.3 is 0 Å². The fourth-order valence-electron chi connectivity index (χ4n) is 2.19. The van der Waals surface area contributed by atoms with E-state index < -0.39 is 21.6 Å². The smallest absolute Gasteiger partial charge is 0.248 e. The molecule has 1 aromatic carbocycles. The highest BCUT2D eigenvalue weighted by Gasteiger charge is 2.23. The van der Waals surface area contributed by atoms with Gasteiger partial charge in [0.2, 0.25) is 5.91 Å². The van der Waals surface area contributed by atoms with E-state index in [9.17, 15) is 17.6 Å². The van der Waals surface area contributed by atoms with E-state index in [2.05, 4.69) is 5.32 Å². The van der Waals surface area contributed by atoms with Crippen LogP contribution in [0, 0.1) is 5.82 Å². The van der Waals surface area contributed by atoms with E-state index in [1.54, 1.807) is 0 Å². The van der Waals surface area contributed by atoms with Crippen molar-refractivity contribution in [3.63, 3.8) is 0 Å². The number of carbonyl (C=O) groups is 1. The van der Waals surface area contributed by atoms with Crippen LogP contribution in [-0.2, 0) is 16.4 Å². The first-order valence-corrected chi connectivity index (χ1v) is 8.21. The molecule has 2 rings (SSSR count). The van der Waals surface area contributed by atoms with E-state index >= 15 is 0 Å². The van der Waals surface area contributed by atoms with E-state index in [0.717, 1.165) is 6.07 Å². The molecule has 1 aliphatic heterocycles. The van der Waals surface area contributed by atoms with Gasteiger partial charge in [-0.25, -0.2) is 12.8 Å². The van der Waals surface area contributed by atoms with E-state index in [1.165, 1.54) is 12.1 Å². The van der Waals surface area contributed by atoms with Crippen LogP contribution in [0.15, 0.2) is 18.2 Å². The van der Waals surface area contributed by atoms with Gasteiger partial charge in [-0.1, -0.05) is 6.07 Å². The Morgan fingerprint density at radius 2 is 2.00 bits per heavy atom. The van der Waals surface area contributed by atoms with Crippen LogP contribution in [0.5, 0.6) is 0 Å². The van der Waals surface area contributed by atoms with Crippen molar-refractivity contribution in [1.82, 2.24) is 5.32 Å². The van der Waals surface area contributed by atoms with Crippen molar-refractivity contribution in [1.29, 1.82) is 0 Å². The zero-order chi connectivity index (χ0) is 14.8. The molecule has 0 unspecified atom stereocenters. The van der Waals surface area contributed by atoms with Crippen LogP contribution in [0.1, 0.15) is 28.8 Å². The number of benzene rings is 1. The summed E-state index contributed by atoms with van der Waals surface area (Å²) in [6.07, 6.45) is 1.09. The average Bonchev–Trinajstić information content (AvgIpc) is 2.38. The summed E-state index contributed by atoms with van der Waals surface area (Å²) in [6.45, 7) is 0.301. The molecule has 3 N–H and O–H groups in total. The maximum Gasteiger partial charge on any atom is 0.248 e. The molecule has 5 nitrogen and oxygen atoms in total. The largest absolute Gasteiger partial charge is 0.366 e. The molecule has 1 saturated heterocycles. The van der Waals surface area contributed by atoms with Gasteiger partial charge < -0.3 is 11.1 Å². The lowest BCUT2D eigenvalue weighted by molar-refractivity contribution is 0.1000. The Morgan fingerprint density at radius 1 is 1.35 bits per heavy atom. The number of hydrogen-bond acceptors (Lipinski definition) is 4. The Bertz CT molecular complexity index is 602. The maximum absolute atomic E-state index is 13.7. The molecule has 20 heavy (non-hydrogen) atoms. The SMILES string of the molecule is NC(=O)c1ccc(CNC2CCS(=O)(=O)CC2)c(F)c1. The Labute approximate surface area is 117 Å². The van der Waals surface area contributed by atoms with Gasteiger partial charge in [0, 0.05) is 23.7 Å². The molecule has 0 aliphatic carbocycles. The second-order valence-electron chi connectivity index (χ2n) is 4.98. The molecule has 0 atom stereocenters. The van der Waals surface area contributed by atoms with Crippen molar-refractivity contribution in [2.75, 3.05) is 11.5 Å². The fraction of sp³-hybridized carbons (Fsp3) is 0.462. The summed E-state index contributed by atoms with van der Waals surface area (Å²) in [5.41, 5.74) is 5.64. The van der Waals surface area contributed by atoms with Crippen LogP contribution in [-0.4, -0.2) is 31.9 Å². The normalized spacial score (nSPS) is 18.9.